The lowest BCUT2D eigenvalue weighted by Crippen LogP contribution is -2.33. The van der Waals surface area contributed by atoms with E-state index in [9.17, 15) is 9.18 Å². The van der Waals surface area contributed by atoms with Crippen molar-refractivity contribution < 1.29 is 13.9 Å². The van der Waals surface area contributed by atoms with E-state index in [0.29, 0.717) is 5.56 Å². The van der Waals surface area contributed by atoms with Gasteiger partial charge >= 0.3 is 0 Å². The molecule has 0 heterocycles. The van der Waals surface area contributed by atoms with Crippen LogP contribution in [0.3, 0.4) is 0 Å². The molecule has 1 aliphatic rings. The zero-order chi connectivity index (χ0) is 13.0. The maximum absolute atomic E-state index is 13.1. The van der Waals surface area contributed by atoms with Crippen LogP contribution in [-0.2, 0) is 4.74 Å². The van der Waals surface area contributed by atoms with Gasteiger partial charge in [0, 0.05) is 12.7 Å². The van der Waals surface area contributed by atoms with Gasteiger partial charge in [-0.05, 0) is 30.9 Å². The highest BCUT2D eigenvalue weighted by Crippen LogP contribution is 2.29. The minimum absolute atomic E-state index is 0.0936. The van der Waals surface area contributed by atoms with Crippen molar-refractivity contribution in [1.82, 2.24) is 0 Å². The van der Waals surface area contributed by atoms with Crippen molar-refractivity contribution in [1.29, 1.82) is 0 Å². The van der Waals surface area contributed by atoms with E-state index in [4.69, 9.17) is 4.74 Å². The number of ether oxygens (including phenoxy) is 1. The molecule has 98 valence electrons. The Balaban J connectivity index is 2.14. The number of hydrogen-bond donors (Lipinski definition) is 0. The largest absolute Gasteiger partial charge is 0.373 e. The Labute approximate surface area is 107 Å². The van der Waals surface area contributed by atoms with Gasteiger partial charge in [-0.3, -0.25) is 4.79 Å². The van der Waals surface area contributed by atoms with Crippen LogP contribution in [0.15, 0.2) is 24.3 Å². The van der Waals surface area contributed by atoms with Crippen LogP contribution in [0.2, 0.25) is 0 Å². The summed E-state index contributed by atoms with van der Waals surface area (Å²) in [6.07, 6.45) is 5.18. The molecular weight excluding hydrogens is 231 g/mol. The molecule has 1 aromatic carbocycles. The number of halogens is 1. The Kier molecular flexibility index (Phi) is 4.48. The summed E-state index contributed by atoms with van der Waals surface area (Å²) in [7, 11) is 1.57. The van der Waals surface area contributed by atoms with Gasteiger partial charge < -0.3 is 4.74 Å². The smallest absolute Gasteiger partial charge is 0.191 e. The van der Waals surface area contributed by atoms with Crippen molar-refractivity contribution in [2.24, 2.45) is 5.92 Å². The normalized spacial score (nSPS) is 18.6. The molecule has 0 N–H and O–H groups in total. The van der Waals surface area contributed by atoms with Crippen LogP contribution in [0, 0.1) is 11.7 Å². The lowest BCUT2D eigenvalue weighted by molar-refractivity contribution is 0.0314. The molecule has 1 aliphatic carbocycles. The molecule has 0 amide bonds. The van der Waals surface area contributed by atoms with Crippen LogP contribution >= 0.6 is 0 Å². The topological polar surface area (TPSA) is 26.3 Å². The number of carbonyl (C=O) groups excluding carboxylic acids is 1. The minimum atomic E-state index is -0.424. The van der Waals surface area contributed by atoms with Crippen LogP contribution < -0.4 is 0 Å². The first kappa shape index (κ1) is 13.2. The Bertz CT molecular complexity index is 411. The van der Waals surface area contributed by atoms with Gasteiger partial charge in [0.1, 0.15) is 11.9 Å². The third-order valence-electron chi connectivity index (χ3n) is 3.70. The molecule has 2 nitrogen and oxygen atoms in total. The summed E-state index contributed by atoms with van der Waals surface area (Å²) in [5, 5.41) is 0. The second-order valence-corrected chi connectivity index (χ2v) is 4.93. The zero-order valence-electron chi connectivity index (χ0n) is 10.7. The van der Waals surface area contributed by atoms with E-state index in [0.717, 1.165) is 25.7 Å². The second-order valence-electron chi connectivity index (χ2n) is 4.93. The second kappa shape index (κ2) is 6.10. The van der Waals surface area contributed by atoms with E-state index in [1.54, 1.807) is 19.2 Å². The van der Waals surface area contributed by atoms with Gasteiger partial charge in [0.05, 0.1) is 0 Å². The summed E-state index contributed by atoms with van der Waals surface area (Å²) in [5.41, 5.74) is 0.410. The Hall–Kier alpha value is -1.22. The van der Waals surface area contributed by atoms with Crippen molar-refractivity contribution in [2.75, 3.05) is 7.11 Å². The van der Waals surface area contributed by atoms with E-state index in [1.807, 2.05) is 0 Å². The first-order valence-electron chi connectivity index (χ1n) is 6.55. The maximum atomic E-state index is 13.1. The molecule has 0 saturated heterocycles. The van der Waals surface area contributed by atoms with Gasteiger partial charge in [-0.2, -0.15) is 0 Å². The molecule has 1 fully saturated rings. The summed E-state index contributed by atoms with van der Waals surface area (Å²) in [6.45, 7) is 0. The zero-order valence-corrected chi connectivity index (χ0v) is 10.7. The molecule has 18 heavy (non-hydrogen) atoms. The van der Waals surface area contributed by atoms with E-state index >= 15 is 0 Å². The quantitative estimate of drug-likeness (QED) is 0.763. The highest BCUT2D eigenvalue weighted by molar-refractivity contribution is 5.99. The summed E-state index contributed by atoms with van der Waals surface area (Å²) >= 11 is 0. The molecule has 1 unspecified atom stereocenters. The molecule has 0 aliphatic heterocycles. The maximum Gasteiger partial charge on any atom is 0.191 e. The first-order valence-corrected chi connectivity index (χ1v) is 6.55. The lowest BCUT2D eigenvalue weighted by atomic mass is 9.82. The van der Waals surface area contributed by atoms with Gasteiger partial charge in [-0.15, -0.1) is 0 Å². The SMILES string of the molecule is COC(C(=O)c1cccc(F)c1)C1CCCCC1. The van der Waals surface area contributed by atoms with E-state index < -0.39 is 6.10 Å². The molecule has 1 saturated carbocycles. The van der Waals surface area contributed by atoms with Gasteiger partial charge in [0.15, 0.2) is 5.78 Å². The summed E-state index contributed by atoms with van der Waals surface area (Å²) in [6, 6.07) is 5.85. The monoisotopic (exact) mass is 250 g/mol. The van der Waals surface area contributed by atoms with Gasteiger partial charge in [0.25, 0.3) is 0 Å². The fraction of sp³-hybridized carbons (Fsp3) is 0.533. The third kappa shape index (κ3) is 2.96. The highest BCUT2D eigenvalue weighted by atomic mass is 19.1. The van der Waals surface area contributed by atoms with Crippen molar-refractivity contribution in [3.05, 3.63) is 35.6 Å². The molecule has 1 atom stereocenters. The predicted octanol–water partition coefficient (Wildman–Crippen LogP) is 3.60. The first-order chi connectivity index (χ1) is 8.72. The Morgan fingerprint density at radius 3 is 2.67 bits per heavy atom. The number of carbonyl (C=O) groups is 1. The van der Waals surface area contributed by atoms with Gasteiger partial charge in [-0.1, -0.05) is 31.4 Å². The standard InChI is InChI=1S/C15H19FO2/c1-18-15(11-6-3-2-4-7-11)14(17)12-8-5-9-13(16)10-12/h5,8-11,15H,2-4,6-7H2,1H3. The number of rotatable bonds is 4. The lowest BCUT2D eigenvalue weighted by Gasteiger charge is -2.28. The summed E-state index contributed by atoms with van der Waals surface area (Å²) in [5.74, 6) is -0.192. The molecule has 1 aromatic rings. The Morgan fingerprint density at radius 1 is 1.33 bits per heavy atom. The van der Waals surface area contributed by atoms with Crippen LogP contribution in [-0.4, -0.2) is 19.0 Å². The van der Waals surface area contributed by atoms with Crippen molar-refractivity contribution >= 4 is 5.78 Å². The van der Waals surface area contributed by atoms with Crippen LogP contribution in [0.4, 0.5) is 4.39 Å². The van der Waals surface area contributed by atoms with Crippen molar-refractivity contribution in [3.63, 3.8) is 0 Å². The molecule has 0 bridgehead atoms. The average Bonchev–Trinajstić information content (AvgIpc) is 2.41. The molecule has 3 heteroatoms. The Morgan fingerprint density at radius 2 is 2.06 bits per heavy atom. The van der Waals surface area contributed by atoms with Crippen LogP contribution in [0.1, 0.15) is 42.5 Å². The van der Waals surface area contributed by atoms with Gasteiger partial charge in [-0.25, -0.2) is 4.39 Å². The number of benzene rings is 1. The van der Waals surface area contributed by atoms with Crippen LogP contribution in [0.5, 0.6) is 0 Å². The fourth-order valence-electron chi connectivity index (χ4n) is 2.76. The summed E-state index contributed by atoms with van der Waals surface area (Å²) in [4.78, 5) is 12.3. The number of hydrogen-bond acceptors (Lipinski definition) is 2. The van der Waals surface area contributed by atoms with E-state index in [-0.39, 0.29) is 17.5 Å². The molecule has 0 aromatic heterocycles. The van der Waals surface area contributed by atoms with Crippen LogP contribution in [0.25, 0.3) is 0 Å². The molecule has 2 rings (SSSR count). The molecule has 0 radical (unpaired) electrons. The van der Waals surface area contributed by atoms with E-state index in [1.165, 1.54) is 18.6 Å². The average molecular weight is 250 g/mol. The minimum Gasteiger partial charge on any atom is -0.373 e. The van der Waals surface area contributed by atoms with Gasteiger partial charge in [0.2, 0.25) is 0 Å². The van der Waals surface area contributed by atoms with Crippen molar-refractivity contribution in [3.8, 4) is 0 Å². The number of Topliss-reactive ketones (excluding diaryl/α,β-unsaturated/α-hetero) is 1. The molecular formula is C15H19FO2. The van der Waals surface area contributed by atoms with Crippen molar-refractivity contribution in [2.45, 2.75) is 38.2 Å². The number of ketones is 1. The highest BCUT2D eigenvalue weighted by Gasteiger charge is 2.30. The third-order valence-corrected chi connectivity index (χ3v) is 3.70. The molecule has 0 spiro atoms. The number of methoxy groups -OCH3 is 1. The van der Waals surface area contributed by atoms with E-state index in [2.05, 4.69) is 0 Å². The summed E-state index contributed by atoms with van der Waals surface area (Å²) < 4.78 is 18.5. The predicted molar refractivity (Wildman–Crippen MR) is 68.1 cm³/mol. The fourth-order valence-corrected chi connectivity index (χ4v) is 2.76.